The fourth-order valence-corrected chi connectivity index (χ4v) is 2.58. The fourth-order valence-electron chi connectivity index (χ4n) is 2.58. The Bertz CT molecular complexity index is 746. The molecule has 0 radical (unpaired) electrons. The number of morpholine rings is 1. The van der Waals surface area contributed by atoms with Crippen LogP contribution in [0.4, 0.5) is 11.4 Å². The number of carbonyl (C=O) groups is 1. The molecule has 0 bridgehead atoms. The molecule has 0 spiro atoms. The lowest BCUT2D eigenvalue weighted by molar-refractivity contribution is 0.102. The van der Waals surface area contributed by atoms with Gasteiger partial charge in [-0.25, -0.2) is 0 Å². The monoisotopic (exact) mass is 307 g/mol. The molecule has 2 aromatic rings. The summed E-state index contributed by atoms with van der Waals surface area (Å²) in [6.07, 6.45) is 0. The highest BCUT2D eigenvalue weighted by Gasteiger charge is 2.16. The molecule has 1 aliphatic heterocycles. The summed E-state index contributed by atoms with van der Waals surface area (Å²) in [6.45, 7) is 2.98. The van der Waals surface area contributed by atoms with E-state index in [0.717, 1.165) is 24.5 Å². The molecule has 1 N–H and O–H groups in total. The summed E-state index contributed by atoms with van der Waals surface area (Å²) in [5.41, 5.74) is 2.70. The third-order valence-electron chi connectivity index (χ3n) is 3.76. The first-order chi connectivity index (χ1) is 11.3. The zero-order valence-corrected chi connectivity index (χ0v) is 12.7. The number of carbonyl (C=O) groups excluding carboxylic acids is 1. The molecule has 0 saturated carbocycles. The van der Waals surface area contributed by atoms with Crippen LogP contribution in [0.25, 0.3) is 0 Å². The van der Waals surface area contributed by atoms with E-state index in [0.29, 0.717) is 24.3 Å². The Morgan fingerprint density at radius 2 is 1.91 bits per heavy atom. The minimum atomic E-state index is -0.220. The van der Waals surface area contributed by atoms with Crippen molar-refractivity contribution in [3.63, 3.8) is 0 Å². The van der Waals surface area contributed by atoms with Crippen LogP contribution in [0.15, 0.2) is 48.5 Å². The first-order valence-corrected chi connectivity index (χ1v) is 7.51. The van der Waals surface area contributed by atoms with Crippen LogP contribution in [-0.4, -0.2) is 32.2 Å². The van der Waals surface area contributed by atoms with Crippen LogP contribution in [0.5, 0.6) is 0 Å². The number of ether oxygens (including phenoxy) is 1. The zero-order chi connectivity index (χ0) is 16.1. The molecular formula is C18H17N3O2. The Morgan fingerprint density at radius 1 is 1.13 bits per heavy atom. The van der Waals surface area contributed by atoms with Crippen LogP contribution < -0.4 is 10.2 Å². The summed E-state index contributed by atoms with van der Waals surface area (Å²) in [7, 11) is 0. The number of nitrogens with one attached hydrogen (secondary N) is 1. The van der Waals surface area contributed by atoms with Crippen molar-refractivity contribution in [3.8, 4) is 6.07 Å². The second-order valence-corrected chi connectivity index (χ2v) is 5.26. The maximum absolute atomic E-state index is 12.5. The van der Waals surface area contributed by atoms with Gasteiger partial charge in [0, 0.05) is 18.7 Å². The van der Waals surface area contributed by atoms with E-state index < -0.39 is 0 Å². The van der Waals surface area contributed by atoms with Gasteiger partial charge in [0.25, 0.3) is 5.91 Å². The maximum atomic E-state index is 12.5. The average molecular weight is 307 g/mol. The van der Waals surface area contributed by atoms with Gasteiger partial charge >= 0.3 is 0 Å². The van der Waals surface area contributed by atoms with Crippen molar-refractivity contribution >= 4 is 17.3 Å². The molecule has 1 fully saturated rings. The van der Waals surface area contributed by atoms with E-state index in [1.54, 1.807) is 24.3 Å². The highest BCUT2D eigenvalue weighted by Crippen LogP contribution is 2.26. The van der Waals surface area contributed by atoms with E-state index in [1.807, 2.05) is 30.3 Å². The Hall–Kier alpha value is -2.84. The van der Waals surface area contributed by atoms with Crippen molar-refractivity contribution in [2.24, 2.45) is 0 Å². The molecule has 5 nitrogen and oxygen atoms in total. The highest BCUT2D eigenvalue weighted by atomic mass is 16.5. The molecule has 3 rings (SSSR count). The molecule has 0 aromatic heterocycles. The largest absolute Gasteiger partial charge is 0.378 e. The third kappa shape index (κ3) is 3.50. The van der Waals surface area contributed by atoms with E-state index in [4.69, 9.17) is 10.00 Å². The summed E-state index contributed by atoms with van der Waals surface area (Å²) in [5.74, 6) is -0.220. The van der Waals surface area contributed by atoms with E-state index in [1.165, 1.54) is 0 Å². The Morgan fingerprint density at radius 3 is 2.70 bits per heavy atom. The van der Waals surface area contributed by atoms with Crippen LogP contribution >= 0.6 is 0 Å². The zero-order valence-electron chi connectivity index (χ0n) is 12.7. The normalized spacial score (nSPS) is 14.1. The predicted molar refractivity (Wildman–Crippen MR) is 88.6 cm³/mol. The fraction of sp³-hybridized carbons (Fsp3) is 0.222. The number of anilines is 2. The molecule has 0 atom stereocenters. The van der Waals surface area contributed by atoms with Gasteiger partial charge in [0.2, 0.25) is 0 Å². The van der Waals surface area contributed by atoms with Crippen LogP contribution in [0.3, 0.4) is 0 Å². The number of hydrogen-bond donors (Lipinski definition) is 1. The van der Waals surface area contributed by atoms with Crippen molar-refractivity contribution in [2.75, 3.05) is 36.5 Å². The molecule has 0 unspecified atom stereocenters. The third-order valence-corrected chi connectivity index (χ3v) is 3.76. The molecule has 1 amide bonds. The number of nitriles is 1. The van der Waals surface area contributed by atoms with Crippen LogP contribution in [0.2, 0.25) is 0 Å². The quantitative estimate of drug-likeness (QED) is 0.946. The number of hydrogen-bond acceptors (Lipinski definition) is 4. The van der Waals surface area contributed by atoms with Crippen molar-refractivity contribution in [3.05, 3.63) is 59.7 Å². The SMILES string of the molecule is N#Cc1cccc(C(=O)Nc2ccccc2N2CCOCC2)c1. The summed E-state index contributed by atoms with van der Waals surface area (Å²) in [4.78, 5) is 14.7. The second kappa shape index (κ2) is 6.95. The van der Waals surface area contributed by atoms with Crippen LogP contribution in [0, 0.1) is 11.3 Å². The topological polar surface area (TPSA) is 65.4 Å². The predicted octanol–water partition coefficient (Wildman–Crippen LogP) is 2.65. The lowest BCUT2D eigenvalue weighted by Gasteiger charge is -2.30. The second-order valence-electron chi connectivity index (χ2n) is 5.26. The highest BCUT2D eigenvalue weighted by molar-refractivity contribution is 6.06. The average Bonchev–Trinajstić information content (AvgIpc) is 2.63. The summed E-state index contributed by atoms with van der Waals surface area (Å²) < 4.78 is 5.38. The van der Waals surface area contributed by atoms with Crippen molar-refractivity contribution in [1.29, 1.82) is 5.26 Å². The molecule has 23 heavy (non-hydrogen) atoms. The molecular weight excluding hydrogens is 290 g/mol. The maximum Gasteiger partial charge on any atom is 0.255 e. The molecule has 0 aliphatic carbocycles. The minimum absolute atomic E-state index is 0.220. The van der Waals surface area contributed by atoms with Crippen LogP contribution in [0.1, 0.15) is 15.9 Å². The van der Waals surface area contributed by atoms with Gasteiger partial charge in [-0.1, -0.05) is 18.2 Å². The first-order valence-electron chi connectivity index (χ1n) is 7.51. The number of benzene rings is 2. The number of para-hydroxylation sites is 2. The van der Waals surface area contributed by atoms with Gasteiger partial charge in [-0.3, -0.25) is 4.79 Å². The Labute approximate surface area is 135 Å². The van der Waals surface area contributed by atoms with Crippen molar-refractivity contribution in [2.45, 2.75) is 0 Å². The number of rotatable bonds is 3. The summed E-state index contributed by atoms with van der Waals surface area (Å²) >= 11 is 0. The van der Waals surface area contributed by atoms with E-state index in [-0.39, 0.29) is 5.91 Å². The van der Waals surface area contributed by atoms with Gasteiger partial charge in [0.15, 0.2) is 0 Å². The van der Waals surface area contributed by atoms with Crippen LogP contribution in [-0.2, 0) is 4.74 Å². The van der Waals surface area contributed by atoms with E-state index >= 15 is 0 Å². The molecule has 2 aromatic carbocycles. The summed E-state index contributed by atoms with van der Waals surface area (Å²) in [5, 5.41) is 11.9. The molecule has 116 valence electrons. The van der Waals surface area contributed by atoms with Gasteiger partial charge in [-0.15, -0.1) is 0 Å². The number of nitrogens with zero attached hydrogens (tertiary/aromatic N) is 2. The lowest BCUT2D eigenvalue weighted by atomic mass is 10.1. The van der Waals surface area contributed by atoms with Gasteiger partial charge in [0.05, 0.1) is 36.2 Å². The van der Waals surface area contributed by atoms with E-state index in [9.17, 15) is 4.79 Å². The van der Waals surface area contributed by atoms with Crippen molar-refractivity contribution in [1.82, 2.24) is 0 Å². The van der Waals surface area contributed by atoms with Gasteiger partial charge in [-0.05, 0) is 30.3 Å². The molecule has 1 aliphatic rings. The molecule has 1 heterocycles. The number of amides is 1. The van der Waals surface area contributed by atoms with E-state index in [2.05, 4.69) is 10.2 Å². The van der Waals surface area contributed by atoms with Gasteiger partial charge < -0.3 is 15.0 Å². The minimum Gasteiger partial charge on any atom is -0.378 e. The van der Waals surface area contributed by atoms with Crippen molar-refractivity contribution < 1.29 is 9.53 Å². The Balaban J connectivity index is 1.82. The molecule has 1 saturated heterocycles. The standard InChI is InChI=1S/C18H17N3O2/c19-13-14-4-3-5-15(12-14)18(22)20-16-6-1-2-7-17(16)21-8-10-23-11-9-21/h1-7,12H,8-11H2,(H,20,22). The Kier molecular flexibility index (Phi) is 4.55. The summed E-state index contributed by atoms with van der Waals surface area (Å²) in [6, 6.07) is 16.5. The molecule has 5 heteroatoms. The van der Waals surface area contributed by atoms with Gasteiger partial charge in [-0.2, -0.15) is 5.26 Å². The smallest absolute Gasteiger partial charge is 0.255 e. The first kappa shape index (κ1) is 15.1. The lowest BCUT2D eigenvalue weighted by Crippen LogP contribution is -2.36. The van der Waals surface area contributed by atoms with Gasteiger partial charge in [0.1, 0.15) is 0 Å².